The van der Waals surface area contributed by atoms with Gasteiger partial charge in [0.05, 0.1) is 0 Å². The molecular formula is C22H27NO2. The van der Waals surface area contributed by atoms with E-state index in [1.54, 1.807) is 0 Å². The fourth-order valence-electron chi connectivity index (χ4n) is 4.37. The molecule has 132 valence electrons. The highest BCUT2D eigenvalue weighted by molar-refractivity contribution is 5.27. The maximum Gasteiger partial charge on any atom is 0.170 e. The Morgan fingerprint density at radius 1 is 0.880 bits per heavy atom. The molecule has 25 heavy (non-hydrogen) atoms. The zero-order chi connectivity index (χ0) is 17.3. The van der Waals surface area contributed by atoms with E-state index >= 15 is 0 Å². The molecule has 1 aliphatic carbocycles. The first-order valence-electron chi connectivity index (χ1n) is 9.29. The van der Waals surface area contributed by atoms with Crippen LogP contribution in [0.1, 0.15) is 55.9 Å². The maximum absolute atomic E-state index is 6.66. The predicted molar refractivity (Wildman–Crippen MR) is 98.9 cm³/mol. The topological polar surface area (TPSA) is 44.5 Å². The average molecular weight is 337 g/mol. The van der Waals surface area contributed by atoms with Gasteiger partial charge in [0.2, 0.25) is 0 Å². The highest BCUT2D eigenvalue weighted by Gasteiger charge is 2.53. The highest BCUT2D eigenvalue weighted by Crippen LogP contribution is 2.55. The summed E-state index contributed by atoms with van der Waals surface area (Å²) in [5.74, 6) is -0.520. The molecule has 1 saturated heterocycles. The van der Waals surface area contributed by atoms with Crippen molar-refractivity contribution in [1.82, 2.24) is 0 Å². The Morgan fingerprint density at radius 2 is 1.40 bits per heavy atom. The minimum atomic E-state index is -0.520. The van der Waals surface area contributed by atoms with Gasteiger partial charge in [-0.25, -0.2) is 0 Å². The molecule has 3 nitrogen and oxygen atoms in total. The third kappa shape index (κ3) is 3.24. The van der Waals surface area contributed by atoms with Crippen LogP contribution < -0.4 is 5.73 Å². The van der Waals surface area contributed by atoms with Crippen LogP contribution in [-0.2, 0) is 9.47 Å². The van der Waals surface area contributed by atoms with E-state index < -0.39 is 5.79 Å². The van der Waals surface area contributed by atoms with Crippen molar-refractivity contribution >= 4 is 0 Å². The van der Waals surface area contributed by atoms with Crippen LogP contribution in [0.4, 0.5) is 0 Å². The summed E-state index contributed by atoms with van der Waals surface area (Å²) >= 11 is 0. The molecule has 1 aliphatic heterocycles. The molecule has 4 rings (SSSR count). The molecule has 1 saturated carbocycles. The van der Waals surface area contributed by atoms with E-state index in [1.165, 1.54) is 11.1 Å². The Morgan fingerprint density at radius 3 is 1.88 bits per heavy atom. The fourth-order valence-corrected chi connectivity index (χ4v) is 4.37. The summed E-state index contributed by atoms with van der Waals surface area (Å²) in [6.45, 7) is 2.93. The van der Waals surface area contributed by atoms with Gasteiger partial charge in [-0.2, -0.15) is 0 Å². The Balaban J connectivity index is 1.69. The Bertz CT molecular complexity index is 655. The standard InChI is InChI=1S/C22H27NO2/c1-21(16-23)13-8-14-22(15-21)24-19(17-9-4-2-5-10-17)20(25-22)18-11-6-3-7-12-18/h2-7,9-12,19-20H,8,13-16,23H2,1H3. The van der Waals surface area contributed by atoms with E-state index in [0.717, 1.165) is 25.7 Å². The Kier molecular flexibility index (Phi) is 4.40. The van der Waals surface area contributed by atoms with Gasteiger partial charge in [-0.1, -0.05) is 67.6 Å². The molecule has 0 amide bonds. The van der Waals surface area contributed by atoms with Crippen molar-refractivity contribution in [1.29, 1.82) is 0 Å². The Hall–Kier alpha value is -1.68. The van der Waals surface area contributed by atoms with E-state index in [2.05, 4.69) is 55.5 Å². The summed E-state index contributed by atoms with van der Waals surface area (Å²) in [6.07, 6.45) is 3.88. The fraction of sp³-hybridized carbons (Fsp3) is 0.455. The Labute approximate surface area is 150 Å². The molecule has 0 bridgehead atoms. The minimum absolute atomic E-state index is 0.0799. The molecule has 3 atom stereocenters. The van der Waals surface area contributed by atoms with Gasteiger partial charge in [-0.3, -0.25) is 0 Å². The number of rotatable bonds is 3. The minimum Gasteiger partial charge on any atom is -0.339 e. The molecule has 1 spiro atoms. The summed E-state index contributed by atoms with van der Waals surface area (Å²) in [5, 5.41) is 0. The number of ether oxygens (including phenoxy) is 2. The van der Waals surface area contributed by atoms with Crippen molar-refractivity contribution in [2.24, 2.45) is 11.1 Å². The maximum atomic E-state index is 6.66. The van der Waals surface area contributed by atoms with Gasteiger partial charge in [0, 0.05) is 12.8 Å². The predicted octanol–water partition coefficient (Wildman–Crippen LogP) is 4.75. The quantitative estimate of drug-likeness (QED) is 0.879. The zero-order valence-corrected chi connectivity index (χ0v) is 14.9. The van der Waals surface area contributed by atoms with E-state index in [4.69, 9.17) is 15.2 Å². The molecule has 0 aromatic heterocycles. The number of hydrogen-bond acceptors (Lipinski definition) is 3. The smallest absolute Gasteiger partial charge is 0.170 e. The van der Waals surface area contributed by atoms with Crippen LogP contribution in [0.25, 0.3) is 0 Å². The zero-order valence-electron chi connectivity index (χ0n) is 14.9. The molecule has 0 radical (unpaired) electrons. The number of nitrogens with two attached hydrogens (primary N) is 1. The SMILES string of the molecule is CC1(CN)CCCC2(C1)OC(c1ccccc1)C(c1ccccc1)O2. The molecule has 3 unspecified atom stereocenters. The lowest BCUT2D eigenvalue weighted by Crippen LogP contribution is -2.44. The first kappa shape index (κ1) is 16.8. The monoisotopic (exact) mass is 337 g/mol. The van der Waals surface area contributed by atoms with Gasteiger partial charge < -0.3 is 15.2 Å². The molecule has 2 fully saturated rings. The lowest BCUT2D eigenvalue weighted by Gasteiger charge is -2.42. The van der Waals surface area contributed by atoms with Gasteiger partial charge in [0.15, 0.2) is 5.79 Å². The van der Waals surface area contributed by atoms with Gasteiger partial charge in [0.25, 0.3) is 0 Å². The van der Waals surface area contributed by atoms with Gasteiger partial charge in [0.1, 0.15) is 12.2 Å². The molecular weight excluding hydrogens is 310 g/mol. The second kappa shape index (κ2) is 6.56. The summed E-state index contributed by atoms with van der Waals surface area (Å²) in [5.41, 5.74) is 8.51. The summed E-state index contributed by atoms with van der Waals surface area (Å²) in [7, 11) is 0. The van der Waals surface area contributed by atoms with Gasteiger partial charge >= 0.3 is 0 Å². The van der Waals surface area contributed by atoms with Gasteiger partial charge in [-0.05, 0) is 35.9 Å². The number of benzene rings is 2. The molecule has 2 aliphatic rings. The second-order valence-corrected chi connectivity index (χ2v) is 7.85. The first-order chi connectivity index (χ1) is 12.1. The van der Waals surface area contributed by atoms with Crippen molar-refractivity contribution in [3.63, 3.8) is 0 Å². The van der Waals surface area contributed by atoms with E-state index in [0.29, 0.717) is 6.54 Å². The van der Waals surface area contributed by atoms with Crippen molar-refractivity contribution in [3.05, 3.63) is 71.8 Å². The summed E-state index contributed by atoms with van der Waals surface area (Å²) < 4.78 is 13.3. The third-order valence-corrected chi connectivity index (χ3v) is 5.74. The van der Waals surface area contributed by atoms with Crippen LogP contribution >= 0.6 is 0 Å². The van der Waals surface area contributed by atoms with E-state index in [-0.39, 0.29) is 17.6 Å². The van der Waals surface area contributed by atoms with Crippen LogP contribution in [0.2, 0.25) is 0 Å². The lowest BCUT2D eigenvalue weighted by molar-refractivity contribution is -0.215. The highest BCUT2D eigenvalue weighted by atomic mass is 16.8. The normalized spacial score (nSPS) is 35.1. The van der Waals surface area contributed by atoms with Crippen molar-refractivity contribution in [2.45, 2.75) is 50.6 Å². The lowest BCUT2D eigenvalue weighted by atomic mass is 9.73. The van der Waals surface area contributed by atoms with Crippen LogP contribution in [0.5, 0.6) is 0 Å². The third-order valence-electron chi connectivity index (χ3n) is 5.74. The van der Waals surface area contributed by atoms with Crippen LogP contribution in [0, 0.1) is 5.41 Å². The molecule has 1 heterocycles. The first-order valence-corrected chi connectivity index (χ1v) is 9.29. The molecule has 3 heteroatoms. The van der Waals surface area contributed by atoms with Crippen LogP contribution in [0.15, 0.2) is 60.7 Å². The molecule has 2 aromatic rings. The molecule has 2 N–H and O–H groups in total. The average Bonchev–Trinajstić information content (AvgIpc) is 3.02. The summed E-state index contributed by atoms with van der Waals surface area (Å²) in [6, 6.07) is 20.9. The number of hydrogen-bond donors (Lipinski definition) is 1. The van der Waals surface area contributed by atoms with Crippen LogP contribution in [0.3, 0.4) is 0 Å². The van der Waals surface area contributed by atoms with Crippen LogP contribution in [-0.4, -0.2) is 12.3 Å². The molecule has 2 aromatic carbocycles. The van der Waals surface area contributed by atoms with E-state index in [9.17, 15) is 0 Å². The van der Waals surface area contributed by atoms with Gasteiger partial charge in [-0.15, -0.1) is 0 Å². The second-order valence-electron chi connectivity index (χ2n) is 7.85. The van der Waals surface area contributed by atoms with Crippen molar-refractivity contribution < 1.29 is 9.47 Å². The van der Waals surface area contributed by atoms with Crippen molar-refractivity contribution in [2.75, 3.05) is 6.54 Å². The summed E-state index contributed by atoms with van der Waals surface area (Å²) in [4.78, 5) is 0. The van der Waals surface area contributed by atoms with Crippen molar-refractivity contribution in [3.8, 4) is 0 Å². The van der Waals surface area contributed by atoms with E-state index in [1.807, 2.05) is 12.1 Å². The largest absolute Gasteiger partial charge is 0.339 e.